The number of nitrogens with zero attached hydrogens (tertiary/aromatic N) is 3. The van der Waals surface area contributed by atoms with Gasteiger partial charge >= 0.3 is 5.97 Å². The number of rotatable bonds is 6. The summed E-state index contributed by atoms with van der Waals surface area (Å²) in [6, 6.07) is 15.4. The van der Waals surface area contributed by atoms with Crippen LogP contribution in [0.5, 0.6) is 0 Å². The van der Waals surface area contributed by atoms with E-state index in [1.165, 1.54) is 0 Å². The Kier molecular flexibility index (Phi) is 5.14. The molecule has 1 saturated heterocycles. The molecule has 0 spiro atoms. The van der Waals surface area contributed by atoms with Gasteiger partial charge in [-0.2, -0.15) is 5.10 Å². The average molecular weight is 376 g/mol. The zero-order chi connectivity index (χ0) is 19.3. The second kappa shape index (κ2) is 8.04. The van der Waals surface area contributed by atoms with E-state index in [0.717, 1.165) is 22.5 Å². The fourth-order valence-electron chi connectivity index (χ4n) is 3.29. The number of carbonyl (C=O) groups is 2. The molecule has 0 bridgehead atoms. The summed E-state index contributed by atoms with van der Waals surface area (Å²) in [4.78, 5) is 30.5. The van der Waals surface area contributed by atoms with Crippen LogP contribution in [0.1, 0.15) is 24.1 Å². The Morgan fingerprint density at radius 1 is 1.14 bits per heavy atom. The van der Waals surface area contributed by atoms with Gasteiger partial charge in [-0.15, -0.1) is 0 Å². The highest BCUT2D eigenvalue weighted by atomic mass is 16.6. The summed E-state index contributed by atoms with van der Waals surface area (Å²) in [5.41, 5.74) is 3.51. The van der Waals surface area contributed by atoms with Gasteiger partial charge in [-0.3, -0.25) is 19.7 Å². The van der Waals surface area contributed by atoms with E-state index in [4.69, 9.17) is 4.74 Å². The van der Waals surface area contributed by atoms with E-state index in [0.29, 0.717) is 19.5 Å². The minimum absolute atomic E-state index is 0.211. The number of ether oxygens (including phenoxy) is 1. The van der Waals surface area contributed by atoms with Gasteiger partial charge in [0.2, 0.25) is 0 Å². The van der Waals surface area contributed by atoms with Gasteiger partial charge in [0.05, 0.1) is 24.1 Å². The molecular weight excluding hydrogens is 356 g/mol. The zero-order valence-corrected chi connectivity index (χ0v) is 15.2. The van der Waals surface area contributed by atoms with Crippen LogP contribution in [0.4, 0.5) is 0 Å². The topological polar surface area (TPSA) is 88.2 Å². The summed E-state index contributed by atoms with van der Waals surface area (Å²) < 4.78 is 5.20. The van der Waals surface area contributed by atoms with Crippen molar-refractivity contribution in [1.82, 2.24) is 20.1 Å². The molecule has 7 nitrogen and oxygen atoms in total. The molecule has 1 atom stereocenters. The standard InChI is InChI=1S/C21H20N4O3/c26-19-10-9-18(28-19)21(27)25(14-17-8-4-5-11-22-17)13-16-12-23-24-20(16)15-6-2-1-3-7-15/h1-8,11-12,18H,9-10,13-14H2,(H,23,24)/t18-/m0/s1. The first-order chi connectivity index (χ1) is 13.7. The molecule has 0 aliphatic carbocycles. The molecule has 3 aromatic rings. The molecule has 4 rings (SSSR count). The SMILES string of the molecule is O=C1CC[C@@H](C(=O)N(Cc2ccccn2)Cc2cn[nH]c2-c2ccccc2)O1. The van der Waals surface area contributed by atoms with Gasteiger partial charge in [0.15, 0.2) is 6.10 Å². The summed E-state index contributed by atoms with van der Waals surface area (Å²) in [7, 11) is 0. The molecule has 1 aliphatic rings. The molecule has 7 heteroatoms. The third-order valence-electron chi connectivity index (χ3n) is 4.69. The highest BCUT2D eigenvalue weighted by molar-refractivity contribution is 5.86. The van der Waals surface area contributed by atoms with E-state index < -0.39 is 6.10 Å². The Hall–Kier alpha value is -3.48. The molecule has 142 valence electrons. The van der Waals surface area contributed by atoms with E-state index in [2.05, 4.69) is 15.2 Å². The number of amides is 1. The molecule has 0 saturated carbocycles. The van der Waals surface area contributed by atoms with Crippen molar-refractivity contribution in [1.29, 1.82) is 0 Å². The van der Waals surface area contributed by atoms with E-state index in [1.807, 2.05) is 48.5 Å². The summed E-state index contributed by atoms with van der Waals surface area (Å²) >= 11 is 0. The smallest absolute Gasteiger partial charge is 0.306 e. The Bertz CT molecular complexity index is 956. The summed E-state index contributed by atoms with van der Waals surface area (Å²) in [5.74, 6) is -0.541. The van der Waals surface area contributed by atoms with Gasteiger partial charge in [-0.25, -0.2) is 0 Å². The Morgan fingerprint density at radius 2 is 1.96 bits per heavy atom. The second-order valence-electron chi connectivity index (χ2n) is 6.67. The van der Waals surface area contributed by atoms with Gasteiger partial charge < -0.3 is 9.64 Å². The van der Waals surface area contributed by atoms with E-state index in [-0.39, 0.29) is 18.3 Å². The van der Waals surface area contributed by atoms with Crippen LogP contribution in [0.2, 0.25) is 0 Å². The van der Waals surface area contributed by atoms with Gasteiger partial charge in [0.1, 0.15) is 0 Å². The van der Waals surface area contributed by atoms with E-state index in [9.17, 15) is 9.59 Å². The lowest BCUT2D eigenvalue weighted by Gasteiger charge is -2.25. The molecule has 0 unspecified atom stereocenters. The molecule has 2 aromatic heterocycles. The molecule has 1 aromatic carbocycles. The van der Waals surface area contributed by atoms with Crippen LogP contribution >= 0.6 is 0 Å². The largest absolute Gasteiger partial charge is 0.452 e. The number of benzene rings is 1. The molecule has 0 radical (unpaired) electrons. The van der Waals surface area contributed by atoms with Crippen LogP contribution in [0.3, 0.4) is 0 Å². The maximum Gasteiger partial charge on any atom is 0.306 e. The molecule has 1 fully saturated rings. The van der Waals surface area contributed by atoms with Crippen LogP contribution in [-0.2, 0) is 27.4 Å². The third-order valence-corrected chi connectivity index (χ3v) is 4.69. The van der Waals surface area contributed by atoms with Crippen molar-refractivity contribution in [2.24, 2.45) is 0 Å². The van der Waals surface area contributed by atoms with Gasteiger partial charge in [-0.05, 0) is 17.7 Å². The predicted molar refractivity (Wildman–Crippen MR) is 102 cm³/mol. The monoisotopic (exact) mass is 376 g/mol. The fraction of sp³-hybridized carbons (Fsp3) is 0.238. The lowest BCUT2D eigenvalue weighted by molar-refractivity contribution is -0.153. The van der Waals surface area contributed by atoms with E-state index in [1.54, 1.807) is 17.3 Å². The number of nitrogens with one attached hydrogen (secondary N) is 1. The third kappa shape index (κ3) is 3.93. The van der Waals surface area contributed by atoms with Gasteiger partial charge in [0.25, 0.3) is 5.91 Å². The van der Waals surface area contributed by atoms with Crippen molar-refractivity contribution < 1.29 is 14.3 Å². The zero-order valence-electron chi connectivity index (χ0n) is 15.2. The predicted octanol–water partition coefficient (Wildman–Crippen LogP) is 2.71. The minimum atomic E-state index is -0.733. The molecular formula is C21H20N4O3. The maximum absolute atomic E-state index is 13.1. The number of H-pyrrole nitrogens is 1. The number of aromatic amines is 1. The normalized spacial score (nSPS) is 16.0. The number of pyridine rings is 1. The number of aromatic nitrogens is 3. The first-order valence-corrected chi connectivity index (χ1v) is 9.16. The first kappa shape index (κ1) is 17.9. The van der Waals surface area contributed by atoms with Gasteiger partial charge in [-0.1, -0.05) is 36.4 Å². The Morgan fingerprint density at radius 3 is 2.68 bits per heavy atom. The van der Waals surface area contributed by atoms with Crippen LogP contribution in [-0.4, -0.2) is 38.1 Å². The van der Waals surface area contributed by atoms with Gasteiger partial charge in [0, 0.05) is 31.1 Å². The molecule has 3 heterocycles. The quantitative estimate of drug-likeness (QED) is 0.668. The summed E-state index contributed by atoms with van der Waals surface area (Å²) in [6.07, 6.45) is 3.37. The van der Waals surface area contributed by atoms with Crippen molar-refractivity contribution in [2.75, 3.05) is 0 Å². The fourth-order valence-corrected chi connectivity index (χ4v) is 3.29. The lowest BCUT2D eigenvalue weighted by atomic mass is 10.1. The maximum atomic E-state index is 13.1. The molecule has 1 amide bonds. The van der Waals surface area contributed by atoms with Crippen molar-refractivity contribution in [3.05, 3.63) is 72.2 Å². The van der Waals surface area contributed by atoms with Crippen LogP contribution in [0.15, 0.2) is 60.9 Å². The Balaban J connectivity index is 1.60. The minimum Gasteiger partial charge on any atom is -0.452 e. The highest BCUT2D eigenvalue weighted by Gasteiger charge is 2.33. The highest BCUT2D eigenvalue weighted by Crippen LogP contribution is 2.24. The van der Waals surface area contributed by atoms with Crippen molar-refractivity contribution in [3.8, 4) is 11.3 Å². The summed E-state index contributed by atoms with van der Waals surface area (Å²) in [5, 5.41) is 7.18. The number of carbonyl (C=O) groups excluding carboxylic acids is 2. The molecule has 1 N–H and O–H groups in total. The van der Waals surface area contributed by atoms with Crippen molar-refractivity contribution in [2.45, 2.75) is 32.0 Å². The second-order valence-corrected chi connectivity index (χ2v) is 6.67. The van der Waals surface area contributed by atoms with Crippen molar-refractivity contribution >= 4 is 11.9 Å². The average Bonchev–Trinajstić information content (AvgIpc) is 3.37. The summed E-state index contributed by atoms with van der Waals surface area (Å²) in [6.45, 7) is 0.664. The van der Waals surface area contributed by atoms with Crippen LogP contribution < -0.4 is 0 Å². The van der Waals surface area contributed by atoms with Crippen LogP contribution in [0.25, 0.3) is 11.3 Å². The number of hydrogen-bond donors (Lipinski definition) is 1. The lowest BCUT2D eigenvalue weighted by Crippen LogP contribution is -2.38. The molecule has 1 aliphatic heterocycles. The van der Waals surface area contributed by atoms with Crippen molar-refractivity contribution in [3.63, 3.8) is 0 Å². The number of cyclic esters (lactones) is 1. The number of hydrogen-bond acceptors (Lipinski definition) is 5. The first-order valence-electron chi connectivity index (χ1n) is 9.16. The number of esters is 1. The van der Waals surface area contributed by atoms with E-state index >= 15 is 0 Å². The van der Waals surface area contributed by atoms with Crippen LogP contribution in [0, 0.1) is 0 Å². The Labute approximate surface area is 162 Å². The molecule has 28 heavy (non-hydrogen) atoms.